The van der Waals surface area contributed by atoms with E-state index in [1.807, 2.05) is 0 Å². The molecule has 2 heterocycles. The van der Waals surface area contributed by atoms with Crippen molar-refractivity contribution < 1.29 is 9.31 Å². The van der Waals surface area contributed by atoms with E-state index in [9.17, 15) is 14.5 Å². The summed E-state index contributed by atoms with van der Waals surface area (Å²) in [7, 11) is 0. The van der Waals surface area contributed by atoms with E-state index in [4.69, 9.17) is 0 Å². The van der Waals surface area contributed by atoms with Crippen LogP contribution in [0.1, 0.15) is 0 Å². The van der Waals surface area contributed by atoms with Gasteiger partial charge >= 0.3 is 0 Å². The Morgan fingerprint density at radius 3 is 2.86 bits per heavy atom. The van der Waals surface area contributed by atoms with Gasteiger partial charge in [0.15, 0.2) is 0 Å². The van der Waals surface area contributed by atoms with Crippen LogP contribution in [0.3, 0.4) is 0 Å². The summed E-state index contributed by atoms with van der Waals surface area (Å²) in [6, 6.07) is 9.01. The molecular formula is C14H9FN4O2. The fraction of sp³-hybridized carbons (Fsp3) is 0. The zero-order valence-corrected chi connectivity index (χ0v) is 10.7. The number of fused-ring (bicyclic) bond motifs is 1. The highest BCUT2D eigenvalue weighted by Crippen LogP contribution is 2.26. The van der Waals surface area contributed by atoms with Crippen molar-refractivity contribution in [2.75, 3.05) is 5.32 Å². The molecule has 0 saturated carbocycles. The normalized spacial score (nSPS) is 10.5. The fourth-order valence-electron chi connectivity index (χ4n) is 1.98. The molecule has 0 aliphatic rings. The average molecular weight is 284 g/mol. The number of anilines is 2. The third-order valence-corrected chi connectivity index (χ3v) is 2.93. The first-order chi connectivity index (χ1) is 10.1. The third kappa shape index (κ3) is 2.62. The van der Waals surface area contributed by atoms with Gasteiger partial charge in [0.05, 0.1) is 16.6 Å². The lowest BCUT2D eigenvalue weighted by atomic mass is 10.2. The molecule has 3 aromatic rings. The SMILES string of the molecule is O=[N+]([O-])c1cccc(Nc2ccnc3cnc(F)cc23)c1. The molecule has 6 nitrogen and oxygen atoms in total. The van der Waals surface area contributed by atoms with Crippen LogP contribution in [0.5, 0.6) is 0 Å². The largest absolute Gasteiger partial charge is 0.355 e. The number of aromatic nitrogens is 2. The fourth-order valence-corrected chi connectivity index (χ4v) is 1.98. The summed E-state index contributed by atoms with van der Waals surface area (Å²) in [4.78, 5) is 17.9. The number of pyridine rings is 2. The number of halogens is 1. The maximum atomic E-state index is 13.3. The Labute approximate surface area is 118 Å². The molecule has 0 aliphatic carbocycles. The molecule has 0 unspecified atom stereocenters. The van der Waals surface area contributed by atoms with Crippen molar-refractivity contribution in [1.82, 2.24) is 9.97 Å². The number of nitro benzene ring substituents is 1. The number of non-ortho nitro benzene ring substituents is 1. The van der Waals surface area contributed by atoms with E-state index in [2.05, 4.69) is 15.3 Å². The Morgan fingerprint density at radius 1 is 1.19 bits per heavy atom. The van der Waals surface area contributed by atoms with Gasteiger partial charge in [0.25, 0.3) is 5.69 Å². The van der Waals surface area contributed by atoms with Gasteiger partial charge in [-0.25, -0.2) is 4.98 Å². The van der Waals surface area contributed by atoms with Crippen molar-refractivity contribution in [3.05, 3.63) is 64.9 Å². The molecule has 21 heavy (non-hydrogen) atoms. The molecule has 0 aliphatic heterocycles. The van der Waals surface area contributed by atoms with E-state index in [1.54, 1.807) is 24.4 Å². The molecular weight excluding hydrogens is 275 g/mol. The summed E-state index contributed by atoms with van der Waals surface area (Å²) in [5, 5.41) is 14.4. The molecule has 0 amide bonds. The van der Waals surface area contributed by atoms with Gasteiger partial charge in [0, 0.05) is 41.2 Å². The van der Waals surface area contributed by atoms with Gasteiger partial charge in [0.1, 0.15) is 0 Å². The van der Waals surface area contributed by atoms with Crippen LogP contribution >= 0.6 is 0 Å². The zero-order valence-electron chi connectivity index (χ0n) is 10.7. The molecule has 0 spiro atoms. The zero-order chi connectivity index (χ0) is 14.8. The van der Waals surface area contributed by atoms with Crippen molar-refractivity contribution in [2.24, 2.45) is 0 Å². The second kappa shape index (κ2) is 5.12. The lowest BCUT2D eigenvalue weighted by Gasteiger charge is -2.09. The number of nitrogens with one attached hydrogen (secondary N) is 1. The summed E-state index contributed by atoms with van der Waals surface area (Å²) in [6.45, 7) is 0. The molecule has 1 aromatic carbocycles. The maximum Gasteiger partial charge on any atom is 0.271 e. The first-order valence-electron chi connectivity index (χ1n) is 6.05. The lowest BCUT2D eigenvalue weighted by molar-refractivity contribution is -0.384. The van der Waals surface area contributed by atoms with Crippen LogP contribution in [-0.2, 0) is 0 Å². The van der Waals surface area contributed by atoms with E-state index in [0.717, 1.165) is 0 Å². The number of benzene rings is 1. The van der Waals surface area contributed by atoms with Crippen LogP contribution in [0.4, 0.5) is 21.5 Å². The number of nitro groups is 1. The maximum absolute atomic E-state index is 13.3. The second-order valence-electron chi connectivity index (χ2n) is 4.32. The smallest absolute Gasteiger partial charge is 0.271 e. The highest BCUT2D eigenvalue weighted by molar-refractivity contribution is 5.92. The molecule has 7 heteroatoms. The van der Waals surface area contributed by atoms with Gasteiger partial charge in [-0.05, 0) is 12.1 Å². The minimum absolute atomic E-state index is 0.0220. The Morgan fingerprint density at radius 2 is 2.05 bits per heavy atom. The van der Waals surface area contributed by atoms with Gasteiger partial charge < -0.3 is 5.32 Å². The first-order valence-corrected chi connectivity index (χ1v) is 6.05. The van der Waals surface area contributed by atoms with Crippen LogP contribution in [0.25, 0.3) is 10.9 Å². The van der Waals surface area contributed by atoms with Crippen molar-refractivity contribution >= 4 is 28.0 Å². The van der Waals surface area contributed by atoms with E-state index in [1.165, 1.54) is 24.4 Å². The standard InChI is InChI=1S/C14H9FN4O2/c15-14-7-11-12(4-5-16-13(11)8-17-14)18-9-2-1-3-10(6-9)19(20)21/h1-8H,(H,16,18). The highest BCUT2D eigenvalue weighted by Gasteiger charge is 2.08. The molecule has 3 rings (SSSR count). The van der Waals surface area contributed by atoms with E-state index >= 15 is 0 Å². The van der Waals surface area contributed by atoms with Gasteiger partial charge in [-0.1, -0.05) is 6.07 Å². The number of rotatable bonds is 3. The van der Waals surface area contributed by atoms with E-state index in [0.29, 0.717) is 22.3 Å². The average Bonchev–Trinajstić information content (AvgIpc) is 2.48. The summed E-state index contributed by atoms with van der Waals surface area (Å²) >= 11 is 0. The number of hydrogen-bond acceptors (Lipinski definition) is 5. The van der Waals surface area contributed by atoms with Crippen LogP contribution in [0, 0.1) is 16.1 Å². The Bertz CT molecular complexity index is 838. The van der Waals surface area contributed by atoms with Crippen molar-refractivity contribution in [3.63, 3.8) is 0 Å². The molecule has 0 bridgehead atoms. The highest BCUT2D eigenvalue weighted by atomic mass is 19.1. The van der Waals surface area contributed by atoms with Crippen molar-refractivity contribution in [1.29, 1.82) is 0 Å². The minimum atomic E-state index is -0.613. The Kier molecular flexibility index (Phi) is 3.15. The summed E-state index contributed by atoms with van der Waals surface area (Å²) in [5.41, 5.74) is 1.65. The lowest BCUT2D eigenvalue weighted by Crippen LogP contribution is -1.95. The number of nitrogens with zero attached hydrogens (tertiary/aromatic N) is 3. The molecule has 0 atom stereocenters. The minimum Gasteiger partial charge on any atom is -0.355 e. The summed E-state index contributed by atoms with van der Waals surface area (Å²) in [6.07, 6.45) is 2.89. The topological polar surface area (TPSA) is 81.0 Å². The van der Waals surface area contributed by atoms with Crippen molar-refractivity contribution in [2.45, 2.75) is 0 Å². The van der Waals surface area contributed by atoms with E-state index in [-0.39, 0.29) is 5.69 Å². The van der Waals surface area contributed by atoms with Gasteiger partial charge in [0.2, 0.25) is 5.95 Å². The predicted octanol–water partition coefficient (Wildman–Crippen LogP) is 3.42. The first kappa shape index (κ1) is 12.9. The van der Waals surface area contributed by atoms with E-state index < -0.39 is 10.9 Å². The van der Waals surface area contributed by atoms with Crippen LogP contribution < -0.4 is 5.32 Å². The Balaban J connectivity index is 2.04. The number of hydrogen-bond donors (Lipinski definition) is 1. The van der Waals surface area contributed by atoms with Crippen LogP contribution in [0.2, 0.25) is 0 Å². The second-order valence-corrected chi connectivity index (χ2v) is 4.32. The molecule has 1 N–H and O–H groups in total. The van der Waals surface area contributed by atoms with Crippen molar-refractivity contribution in [3.8, 4) is 0 Å². The monoisotopic (exact) mass is 284 g/mol. The van der Waals surface area contributed by atoms with Gasteiger partial charge in [-0.3, -0.25) is 15.1 Å². The molecule has 0 saturated heterocycles. The van der Waals surface area contributed by atoms with Crippen LogP contribution in [-0.4, -0.2) is 14.9 Å². The predicted molar refractivity (Wildman–Crippen MR) is 75.9 cm³/mol. The molecule has 2 aromatic heterocycles. The molecule has 0 fully saturated rings. The van der Waals surface area contributed by atoms with Gasteiger partial charge in [-0.2, -0.15) is 4.39 Å². The van der Waals surface area contributed by atoms with Crippen LogP contribution in [0.15, 0.2) is 48.8 Å². The summed E-state index contributed by atoms with van der Waals surface area (Å²) < 4.78 is 13.3. The summed E-state index contributed by atoms with van der Waals surface area (Å²) in [5.74, 6) is -0.613. The quantitative estimate of drug-likeness (QED) is 0.453. The van der Waals surface area contributed by atoms with Gasteiger partial charge in [-0.15, -0.1) is 0 Å². The molecule has 0 radical (unpaired) electrons. The Hall–Kier alpha value is -3.09. The third-order valence-electron chi connectivity index (χ3n) is 2.93. The molecule has 104 valence electrons.